The molecule has 1 N–H and O–H groups in total. The van der Waals surface area contributed by atoms with Gasteiger partial charge >= 0.3 is 5.97 Å². The van der Waals surface area contributed by atoms with Gasteiger partial charge in [0.2, 0.25) is 0 Å². The number of hydrogen-bond acceptors (Lipinski definition) is 4. The molecule has 3 fully saturated rings. The van der Waals surface area contributed by atoms with Crippen LogP contribution in [0.4, 0.5) is 0 Å². The van der Waals surface area contributed by atoms with Crippen LogP contribution in [0.2, 0.25) is 0 Å². The van der Waals surface area contributed by atoms with E-state index in [9.17, 15) is 24.8 Å². The van der Waals surface area contributed by atoms with Crippen molar-refractivity contribution in [3.63, 3.8) is 0 Å². The molecule has 0 bridgehead atoms. The largest absolute Gasteiger partial charge is 0.481 e. The van der Waals surface area contributed by atoms with Gasteiger partial charge in [-0.2, -0.15) is 5.26 Å². The molecule has 0 amide bonds. The quantitative estimate of drug-likeness (QED) is 0.405. The molecule has 4 rings (SSSR count). The summed E-state index contributed by atoms with van der Waals surface area (Å²) in [6.07, 6.45) is 8.70. The van der Waals surface area contributed by atoms with Gasteiger partial charge < -0.3 is 5.11 Å². The summed E-state index contributed by atoms with van der Waals surface area (Å²) in [7, 11) is 0. The number of carboxylic acid groups (broad SMARTS) is 1. The van der Waals surface area contributed by atoms with Gasteiger partial charge in [-0.3, -0.25) is 14.4 Å². The van der Waals surface area contributed by atoms with E-state index in [4.69, 9.17) is 0 Å². The summed E-state index contributed by atoms with van der Waals surface area (Å²) in [6.45, 7) is 17.1. The monoisotopic (exact) mass is 509 g/mol. The molecule has 0 radical (unpaired) electrons. The molecule has 5 nitrogen and oxygen atoms in total. The minimum absolute atomic E-state index is 0.00950. The Labute approximate surface area is 223 Å². The van der Waals surface area contributed by atoms with Crippen LogP contribution in [-0.4, -0.2) is 22.6 Å². The molecule has 0 heterocycles. The number of allylic oxidation sites excluding steroid dienone is 2. The Hall–Kier alpha value is -1.96. The summed E-state index contributed by atoms with van der Waals surface area (Å²) >= 11 is 0. The van der Waals surface area contributed by atoms with Crippen LogP contribution >= 0.6 is 0 Å². The first kappa shape index (κ1) is 28.1. The van der Waals surface area contributed by atoms with Gasteiger partial charge in [-0.05, 0) is 91.8 Å². The third-order valence-corrected chi connectivity index (χ3v) is 12.5. The van der Waals surface area contributed by atoms with Crippen LogP contribution in [0.5, 0.6) is 0 Å². The van der Waals surface area contributed by atoms with Gasteiger partial charge in [0.25, 0.3) is 0 Å². The van der Waals surface area contributed by atoms with Crippen molar-refractivity contribution in [1.29, 1.82) is 5.26 Å². The van der Waals surface area contributed by atoms with E-state index in [1.165, 1.54) is 0 Å². The lowest BCUT2D eigenvalue weighted by molar-refractivity contribution is -0.192. The summed E-state index contributed by atoms with van der Waals surface area (Å²) in [4.78, 5) is 39.8. The van der Waals surface area contributed by atoms with E-state index in [-0.39, 0.29) is 45.4 Å². The Bertz CT molecular complexity index is 1090. The zero-order valence-corrected chi connectivity index (χ0v) is 24.3. The molecule has 4 aliphatic carbocycles. The van der Waals surface area contributed by atoms with Crippen LogP contribution in [0.3, 0.4) is 0 Å². The number of Topliss-reactive ketones (excluding diaryl/α,β-unsaturated/α-hetero) is 2. The predicted molar refractivity (Wildman–Crippen MR) is 143 cm³/mol. The fourth-order valence-corrected chi connectivity index (χ4v) is 9.48. The fourth-order valence-electron chi connectivity index (χ4n) is 9.48. The molecule has 0 spiro atoms. The first-order valence-electron chi connectivity index (χ1n) is 14.3. The van der Waals surface area contributed by atoms with E-state index in [0.717, 1.165) is 32.1 Å². The van der Waals surface area contributed by atoms with Crippen LogP contribution < -0.4 is 0 Å². The van der Waals surface area contributed by atoms with Crippen molar-refractivity contribution in [2.75, 3.05) is 0 Å². The Morgan fingerprint density at radius 3 is 2.08 bits per heavy atom. The smallest absolute Gasteiger partial charge is 0.309 e. The molecule has 37 heavy (non-hydrogen) atoms. The summed E-state index contributed by atoms with van der Waals surface area (Å²) < 4.78 is 0. The van der Waals surface area contributed by atoms with E-state index in [2.05, 4.69) is 40.7 Å². The minimum Gasteiger partial charge on any atom is -0.481 e. The number of fused-ring (bicyclic) bond motifs is 5. The van der Waals surface area contributed by atoms with E-state index in [1.54, 1.807) is 0 Å². The van der Waals surface area contributed by atoms with Crippen molar-refractivity contribution in [3.8, 4) is 6.07 Å². The van der Waals surface area contributed by atoms with Gasteiger partial charge in [0.1, 0.15) is 11.9 Å². The van der Waals surface area contributed by atoms with E-state index in [1.807, 2.05) is 26.8 Å². The van der Waals surface area contributed by atoms with Crippen molar-refractivity contribution in [2.45, 2.75) is 113 Å². The van der Waals surface area contributed by atoms with Gasteiger partial charge in [-0.1, -0.05) is 54.5 Å². The lowest BCUT2D eigenvalue weighted by Gasteiger charge is -2.68. The van der Waals surface area contributed by atoms with E-state index < -0.39 is 22.2 Å². The summed E-state index contributed by atoms with van der Waals surface area (Å²) in [5.41, 5.74) is -2.25. The molecule has 0 saturated heterocycles. The standard InChI is InChI=1S/C32H47NO4/c1-27(2)11-9-21-22(34)17-24-30(6)18-20(19-33)25(35)28(3,4)23(30)10-12-32(24,8)31(21,7)16-15-29(5,14-13-27)26(36)37/h18,21,23-24H,9-17H2,1-8H3,(H,36,37)/t21?,23-,24+,29-,30-,31+,32+/m0/s1. The van der Waals surface area contributed by atoms with Gasteiger partial charge in [-0.15, -0.1) is 0 Å². The lowest BCUT2D eigenvalue weighted by Crippen LogP contribution is -2.65. The van der Waals surface area contributed by atoms with Crippen LogP contribution in [0, 0.1) is 61.6 Å². The number of carbonyl (C=O) groups excluding carboxylic acids is 2. The summed E-state index contributed by atoms with van der Waals surface area (Å²) in [5, 5.41) is 20.1. The van der Waals surface area contributed by atoms with Gasteiger partial charge in [0.05, 0.1) is 11.0 Å². The number of carbonyl (C=O) groups is 3. The highest BCUT2D eigenvalue weighted by atomic mass is 16.4. The van der Waals surface area contributed by atoms with Gasteiger partial charge in [0, 0.05) is 17.8 Å². The first-order chi connectivity index (χ1) is 16.9. The summed E-state index contributed by atoms with van der Waals surface area (Å²) in [6, 6.07) is 2.18. The molecule has 0 aromatic carbocycles. The molecule has 3 saturated carbocycles. The third kappa shape index (κ3) is 3.95. The molecule has 5 heteroatoms. The van der Waals surface area contributed by atoms with Crippen molar-refractivity contribution >= 4 is 17.5 Å². The first-order valence-corrected chi connectivity index (χ1v) is 14.3. The zero-order chi connectivity index (χ0) is 27.8. The van der Waals surface area contributed by atoms with Crippen molar-refractivity contribution < 1.29 is 19.5 Å². The second-order valence-corrected chi connectivity index (χ2v) is 15.4. The topological polar surface area (TPSA) is 95.2 Å². The molecule has 7 atom stereocenters. The molecule has 204 valence electrons. The number of hydrogen-bond donors (Lipinski definition) is 1. The van der Waals surface area contributed by atoms with Gasteiger partial charge in [0.15, 0.2) is 5.78 Å². The number of ketones is 2. The van der Waals surface area contributed by atoms with Crippen LogP contribution in [0.25, 0.3) is 0 Å². The Morgan fingerprint density at radius 1 is 0.865 bits per heavy atom. The highest BCUT2D eigenvalue weighted by Gasteiger charge is 2.68. The summed E-state index contributed by atoms with van der Waals surface area (Å²) in [5.74, 6) is -0.541. The minimum atomic E-state index is -0.817. The van der Waals surface area contributed by atoms with Gasteiger partial charge in [-0.25, -0.2) is 0 Å². The third-order valence-electron chi connectivity index (χ3n) is 12.5. The second kappa shape index (κ2) is 8.52. The number of nitrogens with zero attached hydrogens (tertiary/aromatic N) is 1. The Balaban J connectivity index is 1.86. The second-order valence-electron chi connectivity index (χ2n) is 15.4. The maximum atomic E-state index is 14.1. The average Bonchev–Trinajstić information content (AvgIpc) is 2.80. The van der Waals surface area contributed by atoms with E-state index >= 15 is 0 Å². The maximum absolute atomic E-state index is 14.1. The number of nitriles is 1. The fraction of sp³-hybridized carbons (Fsp3) is 0.812. The zero-order valence-electron chi connectivity index (χ0n) is 24.3. The van der Waals surface area contributed by atoms with E-state index in [0.29, 0.717) is 31.5 Å². The average molecular weight is 510 g/mol. The maximum Gasteiger partial charge on any atom is 0.309 e. The molecule has 0 aromatic rings. The SMILES string of the molecule is CC1(C)CCC2C(=O)C[C@@H]3[C@@]4(C)C=C(C#N)C(=O)C(C)(C)[C@@H]4CC[C@@]3(C)[C@]2(C)CC[C@@](C)(C(=O)O)CC1. The Kier molecular flexibility index (Phi) is 6.46. The van der Waals surface area contributed by atoms with Crippen LogP contribution in [-0.2, 0) is 14.4 Å². The predicted octanol–water partition coefficient (Wildman–Crippen LogP) is 7.15. The number of rotatable bonds is 1. The highest BCUT2D eigenvalue weighted by molar-refractivity contribution is 6.04. The lowest BCUT2D eigenvalue weighted by atomic mass is 9.35. The van der Waals surface area contributed by atoms with Crippen LogP contribution in [0.15, 0.2) is 11.6 Å². The molecular formula is C32H47NO4. The van der Waals surface area contributed by atoms with Crippen LogP contribution in [0.1, 0.15) is 113 Å². The molecular weight excluding hydrogens is 462 g/mol. The Morgan fingerprint density at radius 2 is 1.49 bits per heavy atom. The number of aliphatic carboxylic acids is 1. The molecule has 0 aliphatic heterocycles. The van der Waals surface area contributed by atoms with Crippen molar-refractivity contribution in [2.24, 2.45) is 50.2 Å². The molecule has 4 aliphatic rings. The van der Waals surface area contributed by atoms with Crippen molar-refractivity contribution in [3.05, 3.63) is 11.6 Å². The molecule has 1 unspecified atom stereocenters. The molecule has 0 aromatic heterocycles. The highest BCUT2D eigenvalue weighted by Crippen LogP contribution is 2.72. The number of carboxylic acids is 1. The normalized spacial score (nSPS) is 45.4. The van der Waals surface area contributed by atoms with Crippen molar-refractivity contribution in [1.82, 2.24) is 0 Å².